The van der Waals surface area contributed by atoms with Crippen LogP contribution in [-0.4, -0.2) is 19.7 Å². The molecule has 0 unspecified atom stereocenters. The zero-order valence-corrected chi connectivity index (χ0v) is 11.2. The van der Waals surface area contributed by atoms with Crippen molar-refractivity contribution >= 4 is 11.4 Å². The largest absolute Gasteiger partial charge is 0.491 e. The van der Waals surface area contributed by atoms with Crippen molar-refractivity contribution in [2.45, 2.75) is 33.6 Å². The fourth-order valence-electron chi connectivity index (χ4n) is 1.86. The van der Waals surface area contributed by atoms with Gasteiger partial charge in [-0.3, -0.25) is 0 Å². The van der Waals surface area contributed by atoms with Crippen molar-refractivity contribution in [1.29, 1.82) is 0 Å². The summed E-state index contributed by atoms with van der Waals surface area (Å²) in [5.41, 5.74) is 8.01. The molecule has 0 fully saturated rings. The normalized spacial score (nSPS) is 10.3. The molecule has 0 aliphatic heterocycles. The monoisotopic (exact) mass is 236 g/mol. The average Bonchev–Trinajstić information content (AvgIpc) is 2.35. The first-order valence-electron chi connectivity index (χ1n) is 6.50. The van der Waals surface area contributed by atoms with Crippen LogP contribution in [-0.2, 0) is 0 Å². The maximum Gasteiger partial charge on any atom is 0.144 e. The van der Waals surface area contributed by atoms with Crippen LogP contribution in [0.5, 0.6) is 5.75 Å². The lowest BCUT2D eigenvalue weighted by molar-refractivity contribution is 0.319. The number of nitrogen functional groups attached to an aromatic ring is 1. The number of benzene rings is 1. The topological polar surface area (TPSA) is 38.5 Å². The predicted octanol–water partition coefficient (Wildman–Crippen LogP) is 3.29. The fourth-order valence-corrected chi connectivity index (χ4v) is 1.86. The molecule has 0 atom stereocenters. The molecule has 3 heteroatoms. The van der Waals surface area contributed by atoms with E-state index < -0.39 is 0 Å². The first-order chi connectivity index (χ1) is 8.24. The third-order valence-corrected chi connectivity index (χ3v) is 2.72. The van der Waals surface area contributed by atoms with E-state index in [4.69, 9.17) is 10.5 Å². The Morgan fingerprint density at radius 1 is 1.18 bits per heavy atom. The van der Waals surface area contributed by atoms with Gasteiger partial charge in [-0.15, -0.1) is 0 Å². The van der Waals surface area contributed by atoms with Crippen molar-refractivity contribution in [2.24, 2.45) is 0 Å². The van der Waals surface area contributed by atoms with Crippen LogP contribution in [0, 0.1) is 0 Å². The van der Waals surface area contributed by atoms with Crippen molar-refractivity contribution in [3.8, 4) is 5.75 Å². The SMILES string of the molecule is CCCOc1cccc(N(CC)CCC)c1N. The van der Waals surface area contributed by atoms with Gasteiger partial charge in [0.15, 0.2) is 0 Å². The number of nitrogens with zero attached hydrogens (tertiary/aromatic N) is 1. The van der Waals surface area contributed by atoms with E-state index in [9.17, 15) is 0 Å². The highest BCUT2D eigenvalue weighted by Gasteiger charge is 2.10. The first kappa shape index (κ1) is 13.7. The number of hydrogen-bond donors (Lipinski definition) is 1. The molecular weight excluding hydrogens is 212 g/mol. The maximum absolute atomic E-state index is 6.16. The molecule has 1 rings (SSSR count). The highest BCUT2D eigenvalue weighted by Crippen LogP contribution is 2.32. The summed E-state index contributed by atoms with van der Waals surface area (Å²) in [6, 6.07) is 6.01. The van der Waals surface area contributed by atoms with Crippen LogP contribution in [0.4, 0.5) is 11.4 Å². The van der Waals surface area contributed by atoms with E-state index in [0.717, 1.165) is 43.1 Å². The molecule has 96 valence electrons. The molecule has 0 radical (unpaired) electrons. The van der Waals surface area contributed by atoms with Crippen LogP contribution in [0.3, 0.4) is 0 Å². The summed E-state index contributed by atoms with van der Waals surface area (Å²) >= 11 is 0. The third-order valence-electron chi connectivity index (χ3n) is 2.72. The summed E-state index contributed by atoms with van der Waals surface area (Å²) < 4.78 is 5.65. The summed E-state index contributed by atoms with van der Waals surface area (Å²) in [7, 11) is 0. The summed E-state index contributed by atoms with van der Waals surface area (Å²) in [4.78, 5) is 2.29. The highest BCUT2D eigenvalue weighted by atomic mass is 16.5. The number of nitrogens with two attached hydrogens (primary N) is 1. The molecule has 1 aromatic rings. The van der Waals surface area contributed by atoms with Crippen molar-refractivity contribution in [2.75, 3.05) is 30.3 Å². The molecule has 3 nitrogen and oxygen atoms in total. The smallest absolute Gasteiger partial charge is 0.144 e. The average molecular weight is 236 g/mol. The zero-order chi connectivity index (χ0) is 12.7. The van der Waals surface area contributed by atoms with Gasteiger partial charge < -0.3 is 15.4 Å². The minimum Gasteiger partial charge on any atom is -0.491 e. The van der Waals surface area contributed by atoms with Crippen LogP contribution in [0.2, 0.25) is 0 Å². The third kappa shape index (κ3) is 3.55. The Morgan fingerprint density at radius 2 is 1.94 bits per heavy atom. The number of para-hydroxylation sites is 1. The van der Waals surface area contributed by atoms with Gasteiger partial charge in [0.2, 0.25) is 0 Å². The molecule has 2 N–H and O–H groups in total. The molecule has 0 saturated carbocycles. The second-order valence-electron chi connectivity index (χ2n) is 4.12. The highest BCUT2D eigenvalue weighted by molar-refractivity contribution is 5.74. The maximum atomic E-state index is 6.16. The number of rotatable bonds is 7. The Hall–Kier alpha value is -1.38. The van der Waals surface area contributed by atoms with Crippen LogP contribution in [0.15, 0.2) is 18.2 Å². The molecule has 0 aliphatic carbocycles. The van der Waals surface area contributed by atoms with E-state index in [0.29, 0.717) is 6.61 Å². The molecule has 17 heavy (non-hydrogen) atoms. The van der Waals surface area contributed by atoms with E-state index in [1.807, 2.05) is 12.1 Å². The van der Waals surface area contributed by atoms with Gasteiger partial charge >= 0.3 is 0 Å². The van der Waals surface area contributed by atoms with Crippen LogP contribution >= 0.6 is 0 Å². The van der Waals surface area contributed by atoms with Gasteiger partial charge in [-0.1, -0.05) is 19.9 Å². The van der Waals surface area contributed by atoms with E-state index in [1.165, 1.54) is 0 Å². The summed E-state index contributed by atoms with van der Waals surface area (Å²) in [5.74, 6) is 0.805. The van der Waals surface area contributed by atoms with Gasteiger partial charge in [0.25, 0.3) is 0 Å². The second kappa shape index (κ2) is 7.05. The second-order valence-corrected chi connectivity index (χ2v) is 4.12. The van der Waals surface area contributed by atoms with Gasteiger partial charge in [0, 0.05) is 13.1 Å². The predicted molar refractivity (Wildman–Crippen MR) is 74.8 cm³/mol. The quantitative estimate of drug-likeness (QED) is 0.738. The summed E-state index contributed by atoms with van der Waals surface area (Å²) in [6.45, 7) is 9.13. The lowest BCUT2D eigenvalue weighted by Crippen LogP contribution is -2.24. The molecule has 1 aromatic carbocycles. The lowest BCUT2D eigenvalue weighted by atomic mass is 10.2. The Bertz CT molecular complexity index is 339. The van der Waals surface area contributed by atoms with Gasteiger partial charge in [0.05, 0.1) is 18.0 Å². The molecular formula is C14H24N2O. The van der Waals surface area contributed by atoms with E-state index in [2.05, 4.69) is 31.7 Å². The summed E-state index contributed by atoms with van der Waals surface area (Å²) in [5, 5.41) is 0. The van der Waals surface area contributed by atoms with Crippen LogP contribution in [0.1, 0.15) is 33.6 Å². The minimum atomic E-state index is 0.716. The van der Waals surface area contributed by atoms with Crippen molar-refractivity contribution in [1.82, 2.24) is 0 Å². The number of hydrogen-bond acceptors (Lipinski definition) is 3. The fraction of sp³-hybridized carbons (Fsp3) is 0.571. The number of anilines is 2. The van der Waals surface area contributed by atoms with Gasteiger partial charge in [-0.25, -0.2) is 0 Å². The Balaban J connectivity index is 2.91. The lowest BCUT2D eigenvalue weighted by Gasteiger charge is -2.25. The van der Waals surface area contributed by atoms with Gasteiger partial charge in [-0.05, 0) is 31.9 Å². The Kier molecular flexibility index (Phi) is 5.67. The van der Waals surface area contributed by atoms with Gasteiger partial charge in [-0.2, -0.15) is 0 Å². The van der Waals surface area contributed by atoms with Gasteiger partial charge in [0.1, 0.15) is 5.75 Å². The molecule has 0 saturated heterocycles. The molecule has 0 aliphatic rings. The molecule has 0 spiro atoms. The molecule has 0 amide bonds. The van der Waals surface area contributed by atoms with E-state index in [1.54, 1.807) is 0 Å². The standard InChI is InChI=1S/C14H24N2O/c1-4-10-16(6-3)12-8-7-9-13(14(12)15)17-11-5-2/h7-9H,4-6,10-11,15H2,1-3H3. The van der Waals surface area contributed by atoms with E-state index >= 15 is 0 Å². The minimum absolute atomic E-state index is 0.716. The molecule has 0 heterocycles. The van der Waals surface area contributed by atoms with Crippen molar-refractivity contribution in [3.05, 3.63) is 18.2 Å². The molecule has 0 bridgehead atoms. The van der Waals surface area contributed by atoms with E-state index in [-0.39, 0.29) is 0 Å². The Morgan fingerprint density at radius 3 is 2.53 bits per heavy atom. The van der Waals surface area contributed by atoms with Crippen molar-refractivity contribution < 1.29 is 4.74 Å². The Labute approximate surface area is 105 Å². The van der Waals surface area contributed by atoms with Crippen molar-refractivity contribution in [3.63, 3.8) is 0 Å². The van der Waals surface area contributed by atoms with Crippen LogP contribution < -0.4 is 15.4 Å². The molecule has 0 aromatic heterocycles. The first-order valence-corrected chi connectivity index (χ1v) is 6.50. The zero-order valence-electron chi connectivity index (χ0n) is 11.2. The van der Waals surface area contributed by atoms with Crippen LogP contribution in [0.25, 0.3) is 0 Å². The summed E-state index contributed by atoms with van der Waals surface area (Å²) in [6.07, 6.45) is 2.11. The number of ether oxygens (including phenoxy) is 1.